The number of rotatable bonds is 7. The van der Waals surface area contributed by atoms with Crippen LogP contribution in [0.3, 0.4) is 0 Å². The molecule has 3 rings (SSSR count). The third kappa shape index (κ3) is 4.48. The average molecular weight is 424 g/mol. The normalized spacial score (nSPS) is 16.7. The third-order valence-corrected chi connectivity index (χ3v) is 7.68. The summed E-state index contributed by atoms with van der Waals surface area (Å²) in [5.74, 6) is 0.121. The summed E-state index contributed by atoms with van der Waals surface area (Å²) in [5.41, 5.74) is 1.53. The minimum atomic E-state index is -3.43. The zero-order valence-corrected chi connectivity index (χ0v) is 18.0. The van der Waals surface area contributed by atoms with Crippen LogP contribution in [-0.2, 0) is 23.2 Å². The van der Waals surface area contributed by atoms with Crippen LogP contribution in [0.15, 0.2) is 27.4 Å². The summed E-state index contributed by atoms with van der Waals surface area (Å²) >= 11 is 0. The Morgan fingerprint density at radius 2 is 1.69 bits per heavy atom. The Labute approximate surface area is 171 Å². The molecule has 0 saturated carbocycles. The van der Waals surface area contributed by atoms with Gasteiger partial charge in [-0.25, -0.2) is 4.79 Å². The Morgan fingerprint density at radius 3 is 2.28 bits per heavy atom. The first kappa shape index (κ1) is 21.8. The molecule has 1 fully saturated rings. The van der Waals surface area contributed by atoms with Gasteiger partial charge in [-0.1, -0.05) is 20.8 Å². The molecule has 0 unspecified atom stereocenters. The molecular formula is C20H29N3O5S. The molecule has 1 aromatic heterocycles. The van der Waals surface area contributed by atoms with E-state index in [1.807, 2.05) is 26.8 Å². The largest absolute Gasteiger partial charge is 0.508 e. The number of aromatic hydroxyl groups is 1. The van der Waals surface area contributed by atoms with E-state index in [1.165, 1.54) is 20.7 Å². The fraction of sp³-hybridized carbons (Fsp3) is 0.550. The van der Waals surface area contributed by atoms with Gasteiger partial charge < -0.3 is 9.52 Å². The van der Waals surface area contributed by atoms with Gasteiger partial charge in [0.1, 0.15) is 11.3 Å². The highest BCUT2D eigenvalue weighted by molar-refractivity contribution is 7.86. The Balaban J connectivity index is 1.79. The minimum Gasteiger partial charge on any atom is -0.508 e. The maximum absolute atomic E-state index is 12.7. The average Bonchev–Trinajstić information content (AvgIpc) is 2.68. The van der Waals surface area contributed by atoms with Gasteiger partial charge in [-0.05, 0) is 23.6 Å². The van der Waals surface area contributed by atoms with Gasteiger partial charge in [-0.15, -0.1) is 0 Å². The lowest BCUT2D eigenvalue weighted by atomic mass is 10.0. The second kappa shape index (κ2) is 8.83. The van der Waals surface area contributed by atoms with Crippen LogP contribution in [0.5, 0.6) is 5.75 Å². The van der Waals surface area contributed by atoms with E-state index in [0.29, 0.717) is 57.8 Å². The summed E-state index contributed by atoms with van der Waals surface area (Å²) in [5, 5.41) is 10.9. The van der Waals surface area contributed by atoms with Crippen LogP contribution >= 0.6 is 0 Å². The van der Waals surface area contributed by atoms with Crippen molar-refractivity contribution in [1.82, 2.24) is 13.5 Å². The van der Waals surface area contributed by atoms with Crippen molar-refractivity contribution in [2.45, 2.75) is 33.7 Å². The summed E-state index contributed by atoms with van der Waals surface area (Å²) in [6.07, 6.45) is 0.669. The predicted octanol–water partition coefficient (Wildman–Crippen LogP) is 1.77. The highest BCUT2D eigenvalue weighted by Crippen LogP contribution is 2.27. The Bertz CT molecular complexity index is 1020. The molecule has 0 radical (unpaired) electrons. The van der Waals surface area contributed by atoms with Crippen LogP contribution in [0.2, 0.25) is 0 Å². The molecule has 1 aliphatic heterocycles. The van der Waals surface area contributed by atoms with Crippen molar-refractivity contribution in [2.75, 3.05) is 39.3 Å². The second-order valence-corrected chi connectivity index (χ2v) is 9.12. The van der Waals surface area contributed by atoms with E-state index in [2.05, 4.69) is 4.90 Å². The summed E-state index contributed by atoms with van der Waals surface area (Å²) in [7, 11) is -3.43. The topological polar surface area (TPSA) is 94.3 Å². The lowest BCUT2D eigenvalue weighted by Crippen LogP contribution is -2.52. The summed E-state index contributed by atoms with van der Waals surface area (Å²) in [4.78, 5) is 14.1. The number of piperazine rings is 1. The zero-order valence-electron chi connectivity index (χ0n) is 17.2. The van der Waals surface area contributed by atoms with Gasteiger partial charge in [-0.2, -0.15) is 17.0 Å². The Morgan fingerprint density at radius 1 is 1.03 bits per heavy atom. The molecule has 160 valence electrons. The Kier molecular flexibility index (Phi) is 6.62. The maximum Gasteiger partial charge on any atom is 0.336 e. The van der Waals surface area contributed by atoms with Crippen LogP contribution in [0.25, 0.3) is 11.0 Å². The van der Waals surface area contributed by atoms with Gasteiger partial charge >= 0.3 is 5.63 Å². The SMILES string of the molecule is CCc1cc2c(CN3CCN(S(=O)(=O)N(CC)CC)CC3)cc(=O)oc2cc1O. The number of phenolic OH excluding ortho intramolecular Hbond substituents is 1. The number of hydrogen-bond donors (Lipinski definition) is 1. The van der Waals surface area contributed by atoms with Gasteiger partial charge in [-0.3, -0.25) is 4.90 Å². The molecule has 0 bridgehead atoms. The number of aryl methyl sites for hydroxylation is 1. The molecular weight excluding hydrogens is 394 g/mol. The molecule has 9 heteroatoms. The monoisotopic (exact) mass is 423 g/mol. The standard InChI is InChI=1S/C20H29N3O5S/c1-4-15-11-17-16(12-20(25)28-19(17)13-18(15)24)14-21-7-9-23(10-8-21)29(26,27)22(5-2)6-3/h11-13,24H,4-10,14H2,1-3H3. The number of phenols is 1. The van der Waals surface area contributed by atoms with E-state index < -0.39 is 15.8 Å². The Hall–Kier alpha value is -1.94. The van der Waals surface area contributed by atoms with Gasteiger partial charge in [0.25, 0.3) is 10.2 Å². The van der Waals surface area contributed by atoms with Crippen LogP contribution in [-0.4, -0.2) is 66.3 Å². The van der Waals surface area contributed by atoms with Gasteiger partial charge in [0, 0.05) is 63.3 Å². The smallest absolute Gasteiger partial charge is 0.336 e. The van der Waals surface area contributed by atoms with E-state index >= 15 is 0 Å². The van der Waals surface area contributed by atoms with Crippen molar-refractivity contribution in [3.8, 4) is 5.75 Å². The fourth-order valence-electron chi connectivity index (χ4n) is 3.79. The first-order valence-corrected chi connectivity index (χ1v) is 11.5. The van der Waals surface area contributed by atoms with Crippen molar-refractivity contribution < 1.29 is 17.9 Å². The highest BCUT2D eigenvalue weighted by Gasteiger charge is 2.30. The fourth-order valence-corrected chi connectivity index (χ4v) is 5.40. The summed E-state index contributed by atoms with van der Waals surface area (Å²) in [6.45, 7) is 9.07. The number of nitrogens with zero attached hydrogens (tertiary/aromatic N) is 3. The van der Waals surface area contributed by atoms with Crippen molar-refractivity contribution >= 4 is 21.2 Å². The van der Waals surface area contributed by atoms with E-state index in [4.69, 9.17) is 4.42 Å². The molecule has 1 N–H and O–H groups in total. The van der Waals surface area contributed by atoms with Gasteiger partial charge in [0.15, 0.2) is 0 Å². The first-order chi connectivity index (χ1) is 13.8. The molecule has 0 amide bonds. The van der Waals surface area contributed by atoms with Crippen molar-refractivity contribution in [2.24, 2.45) is 0 Å². The van der Waals surface area contributed by atoms with Crippen molar-refractivity contribution in [1.29, 1.82) is 0 Å². The quantitative estimate of drug-likeness (QED) is 0.682. The number of benzene rings is 1. The molecule has 2 heterocycles. The van der Waals surface area contributed by atoms with Crippen LogP contribution in [0.4, 0.5) is 0 Å². The molecule has 29 heavy (non-hydrogen) atoms. The summed E-state index contributed by atoms with van der Waals surface area (Å²) in [6, 6.07) is 4.84. The number of fused-ring (bicyclic) bond motifs is 1. The zero-order chi connectivity index (χ0) is 21.2. The lowest BCUT2D eigenvalue weighted by molar-refractivity contribution is 0.175. The van der Waals surface area contributed by atoms with Gasteiger partial charge in [0.05, 0.1) is 0 Å². The lowest BCUT2D eigenvalue weighted by Gasteiger charge is -2.36. The molecule has 1 aliphatic rings. The van der Waals surface area contributed by atoms with Crippen molar-refractivity contribution in [3.05, 3.63) is 39.7 Å². The molecule has 2 aromatic rings. The second-order valence-electron chi connectivity index (χ2n) is 7.19. The molecule has 0 atom stereocenters. The van der Waals surface area contributed by atoms with Crippen LogP contribution in [0.1, 0.15) is 31.9 Å². The molecule has 0 aliphatic carbocycles. The molecule has 1 aromatic carbocycles. The maximum atomic E-state index is 12.7. The van der Waals surface area contributed by atoms with E-state index in [9.17, 15) is 18.3 Å². The molecule has 8 nitrogen and oxygen atoms in total. The van der Waals surface area contributed by atoms with Crippen LogP contribution in [0, 0.1) is 0 Å². The predicted molar refractivity (Wildman–Crippen MR) is 112 cm³/mol. The van der Waals surface area contributed by atoms with E-state index in [0.717, 1.165) is 16.5 Å². The van der Waals surface area contributed by atoms with Crippen LogP contribution < -0.4 is 5.63 Å². The van der Waals surface area contributed by atoms with E-state index in [1.54, 1.807) is 0 Å². The van der Waals surface area contributed by atoms with Gasteiger partial charge in [0.2, 0.25) is 0 Å². The number of hydrogen-bond acceptors (Lipinski definition) is 6. The molecule has 0 spiro atoms. The summed E-state index contributed by atoms with van der Waals surface area (Å²) < 4.78 is 33.6. The van der Waals surface area contributed by atoms with E-state index in [-0.39, 0.29) is 5.75 Å². The molecule has 1 saturated heterocycles. The minimum absolute atomic E-state index is 0.121. The van der Waals surface area contributed by atoms with Crippen molar-refractivity contribution in [3.63, 3.8) is 0 Å². The third-order valence-electron chi connectivity index (χ3n) is 5.49. The first-order valence-electron chi connectivity index (χ1n) is 10.1. The highest BCUT2D eigenvalue weighted by atomic mass is 32.2.